The standard InChI is InChI=1S/C16H33N/c1-4-5-6-7-8-9-10-14-17-15(2)12-11-13-16(17)3/h15-16H,4-14H2,1-3H3. The average Bonchev–Trinajstić information content (AvgIpc) is 2.31. The zero-order valence-corrected chi connectivity index (χ0v) is 12.4. The van der Waals surface area contributed by atoms with E-state index in [-0.39, 0.29) is 0 Å². The van der Waals surface area contributed by atoms with Gasteiger partial charge in [0, 0.05) is 12.1 Å². The molecule has 2 unspecified atom stereocenters. The number of piperidine rings is 1. The quantitative estimate of drug-likeness (QED) is 0.539. The molecule has 1 saturated heterocycles. The van der Waals surface area contributed by atoms with Crippen LogP contribution in [0.1, 0.15) is 85.0 Å². The molecule has 1 aliphatic heterocycles. The Balaban J connectivity index is 2.01. The predicted molar refractivity (Wildman–Crippen MR) is 77.5 cm³/mol. The van der Waals surface area contributed by atoms with Gasteiger partial charge in [0.2, 0.25) is 0 Å². The molecular weight excluding hydrogens is 206 g/mol. The van der Waals surface area contributed by atoms with Gasteiger partial charge in [0.05, 0.1) is 0 Å². The molecule has 1 aliphatic rings. The van der Waals surface area contributed by atoms with Gasteiger partial charge in [0.25, 0.3) is 0 Å². The minimum absolute atomic E-state index is 0.832. The number of nitrogens with zero attached hydrogens (tertiary/aromatic N) is 1. The van der Waals surface area contributed by atoms with Crippen LogP contribution < -0.4 is 0 Å². The Morgan fingerprint density at radius 2 is 1.35 bits per heavy atom. The molecule has 1 nitrogen and oxygen atoms in total. The highest BCUT2D eigenvalue weighted by molar-refractivity contribution is 4.79. The first-order chi connectivity index (χ1) is 8.25. The summed E-state index contributed by atoms with van der Waals surface area (Å²) in [5.74, 6) is 0. The maximum atomic E-state index is 2.75. The van der Waals surface area contributed by atoms with Gasteiger partial charge in [0.15, 0.2) is 0 Å². The SMILES string of the molecule is CCCCCCCCCN1C(C)CCCC1C. The lowest BCUT2D eigenvalue weighted by Crippen LogP contribution is -2.44. The molecule has 0 aliphatic carbocycles. The summed E-state index contributed by atoms with van der Waals surface area (Å²) in [5, 5.41) is 0. The largest absolute Gasteiger partial charge is 0.298 e. The summed E-state index contributed by atoms with van der Waals surface area (Å²) < 4.78 is 0. The number of hydrogen-bond acceptors (Lipinski definition) is 1. The van der Waals surface area contributed by atoms with E-state index in [1.54, 1.807) is 0 Å². The predicted octanol–water partition coefficient (Wildman–Crippen LogP) is 5.00. The molecule has 1 rings (SSSR count). The molecule has 0 radical (unpaired) electrons. The van der Waals surface area contributed by atoms with Gasteiger partial charge in [-0.15, -0.1) is 0 Å². The van der Waals surface area contributed by atoms with Crippen molar-refractivity contribution in [1.29, 1.82) is 0 Å². The summed E-state index contributed by atoms with van der Waals surface area (Å²) in [6, 6.07) is 1.66. The van der Waals surface area contributed by atoms with E-state index in [1.165, 1.54) is 70.8 Å². The summed E-state index contributed by atoms with van der Waals surface area (Å²) in [4.78, 5) is 2.75. The van der Waals surface area contributed by atoms with Crippen LogP contribution in [0.4, 0.5) is 0 Å². The highest BCUT2D eigenvalue weighted by Gasteiger charge is 2.23. The van der Waals surface area contributed by atoms with Gasteiger partial charge < -0.3 is 0 Å². The van der Waals surface area contributed by atoms with Crippen LogP contribution in [-0.4, -0.2) is 23.5 Å². The molecule has 1 fully saturated rings. The molecule has 17 heavy (non-hydrogen) atoms. The zero-order chi connectivity index (χ0) is 12.5. The van der Waals surface area contributed by atoms with E-state index in [9.17, 15) is 0 Å². The van der Waals surface area contributed by atoms with E-state index >= 15 is 0 Å². The number of hydrogen-bond donors (Lipinski definition) is 0. The second-order valence-corrected chi connectivity index (χ2v) is 5.99. The first-order valence-electron chi connectivity index (χ1n) is 8.01. The van der Waals surface area contributed by atoms with Crippen LogP contribution in [-0.2, 0) is 0 Å². The minimum atomic E-state index is 0.832. The van der Waals surface area contributed by atoms with Gasteiger partial charge in [-0.05, 0) is 39.7 Å². The van der Waals surface area contributed by atoms with Crippen molar-refractivity contribution < 1.29 is 0 Å². The Kier molecular flexibility index (Phi) is 7.92. The normalized spacial score (nSPS) is 26.3. The molecule has 0 aromatic rings. The highest BCUT2D eigenvalue weighted by Crippen LogP contribution is 2.22. The molecule has 0 N–H and O–H groups in total. The first-order valence-corrected chi connectivity index (χ1v) is 8.01. The van der Waals surface area contributed by atoms with Gasteiger partial charge in [0.1, 0.15) is 0 Å². The van der Waals surface area contributed by atoms with Gasteiger partial charge in [-0.1, -0.05) is 51.9 Å². The molecule has 1 heterocycles. The lowest BCUT2D eigenvalue weighted by Gasteiger charge is -2.39. The maximum absolute atomic E-state index is 2.75. The zero-order valence-electron chi connectivity index (χ0n) is 12.4. The fourth-order valence-electron chi connectivity index (χ4n) is 3.17. The number of rotatable bonds is 8. The summed E-state index contributed by atoms with van der Waals surface area (Å²) in [5.41, 5.74) is 0. The monoisotopic (exact) mass is 239 g/mol. The van der Waals surface area contributed by atoms with E-state index in [0.717, 1.165) is 12.1 Å². The van der Waals surface area contributed by atoms with E-state index in [2.05, 4.69) is 25.7 Å². The molecule has 0 spiro atoms. The van der Waals surface area contributed by atoms with Crippen LogP contribution in [0, 0.1) is 0 Å². The van der Waals surface area contributed by atoms with Crippen molar-refractivity contribution in [3.63, 3.8) is 0 Å². The number of likely N-dealkylation sites (tertiary alicyclic amines) is 1. The fraction of sp³-hybridized carbons (Fsp3) is 1.00. The third kappa shape index (κ3) is 5.90. The van der Waals surface area contributed by atoms with Crippen molar-refractivity contribution in [3.05, 3.63) is 0 Å². The van der Waals surface area contributed by atoms with Crippen LogP contribution in [0.2, 0.25) is 0 Å². The van der Waals surface area contributed by atoms with Crippen molar-refractivity contribution >= 4 is 0 Å². The lowest BCUT2D eigenvalue weighted by molar-refractivity contribution is 0.101. The van der Waals surface area contributed by atoms with E-state index in [0.29, 0.717) is 0 Å². The van der Waals surface area contributed by atoms with Crippen molar-refractivity contribution in [2.45, 2.75) is 97.1 Å². The van der Waals surface area contributed by atoms with Crippen molar-refractivity contribution in [1.82, 2.24) is 4.90 Å². The fourth-order valence-corrected chi connectivity index (χ4v) is 3.17. The average molecular weight is 239 g/mol. The second-order valence-electron chi connectivity index (χ2n) is 5.99. The van der Waals surface area contributed by atoms with Gasteiger partial charge in [-0.25, -0.2) is 0 Å². The van der Waals surface area contributed by atoms with Crippen molar-refractivity contribution in [2.24, 2.45) is 0 Å². The van der Waals surface area contributed by atoms with Crippen molar-refractivity contribution in [3.8, 4) is 0 Å². The third-order valence-corrected chi connectivity index (χ3v) is 4.40. The van der Waals surface area contributed by atoms with E-state index in [4.69, 9.17) is 0 Å². The van der Waals surface area contributed by atoms with Gasteiger partial charge in [-0.2, -0.15) is 0 Å². The molecule has 0 bridgehead atoms. The maximum Gasteiger partial charge on any atom is 0.00697 e. The topological polar surface area (TPSA) is 3.24 Å². The van der Waals surface area contributed by atoms with Gasteiger partial charge in [-0.3, -0.25) is 4.90 Å². The van der Waals surface area contributed by atoms with Crippen LogP contribution in [0.5, 0.6) is 0 Å². The van der Waals surface area contributed by atoms with Crippen LogP contribution >= 0.6 is 0 Å². The molecule has 102 valence electrons. The Morgan fingerprint density at radius 3 is 1.94 bits per heavy atom. The lowest BCUT2D eigenvalue weighted by atomic mass is 9.97. The molecule has 0 aromatic heterocycles. The summed E-state index contributed by atoms with van der Waals surface area (Å²) >= 11 is 0. The van der Waals surface area contributed by atoms with Crippen LogP contribution in [0.25, 0.3) is 0 Å². The van der Waals surface area contributed by atoms with Gasteiger partial charge >= 0.3 is 0 Å². The second kappa shape index (κ2) is 8.97. The smallest absolute Gasteiger partial charge is 0.00697 e. The summed E-state index contributed by atoms with van der Waals surface area (Å²) in [6.45, 7) is 8.46. The molecule has 0 aromatic carbocycles. The molecular formula is C16H33N. The first kappa shape index (κ1) is 15.0. The van der Waals surface area contributed by atoms with Crippen LogP contribution in [0.15, 0.2) is 0 Å². The number of unbranched alkanes of at least 4 members (excludes halogenated alkanes) is 6. The third-order valence-electron chi connectivity index (χ3n) is 4.40. The van der Waals surface area contributed by atoms with Crippen molar-refractivity contribution in [2.75, 3.05) is 6.54 Å². The van der Waals surface area contributed by atoms with E-state index in [1.807, 2.05) is 0 Å². The highest BCUT2D eigenvalue weighted by atomic mass is 15.2. The summed E-state index contributed by atoms with van der Waals surface area (Å²) in [7, 11) is 0. The minimum Gasteiger partial charge on any atom is -0.298 e. The molecule has 0 saturated carbocycles. The summed E-state index contributed by atoms with van der Waals surface area (Å²) in [6.07, 6.45) is 14.3. The van der Waals surface area contributed by atoms with Crippen LogP contribution in [0.3, 0.4) is 0 Å². The Labute approximate surface area is 109 Å². The Bertz CT molecular complexity index is 168. The molecule has 0 amide bonds. The molecule has 2 atom stereocenters. The molecule has 1 heteroatoms. The Hall–Kier alpha value is -0.0400. The Morgan fingerprint density at radius 1 is 0.824 bits per heavy atom. The van der Waals surface area contributed by atoms with E-state index < -0.39 is 0 Å².